The Kier molecular flexibility index (Phi) is 3.30. The minimum Gasteiger partial charge on any atom is -0.463 e. The molecule has 0 atom stereocenters. The molecule has 4 heteroatoms. The fraction of sp³-hybridized carbons (Fsp3) is 0.750. The maximum absolute atomic E-state index is 11.8. The Morgan fingerprint density at radius 3 is 2.75 bits per heavy atom. The zero-order valence-corrected chi connectivity index (χ0v) is 9.88. The Balaban J connectivity index is 2.13. The quantitative estimate of drug-likeness (QED) is 0.673. The Morgan fingerprint density at radius 2 is 2.12 bits per heavy atom. The summed E-state index contributed by atoms with van der Waals surface area (Å²) in [5, 5.41) is 0. The van der Waals surface area contributed by atoms with Crippen molar-refractivity contribution in [1.29, 1.82) is 0 Å². The first-order valence-electron chi connectivity index (χ1n) is 5.80. The summed E-state index contributed by atoms with van der Waals surface area (Å²) < 4.78 is 16.3. The third kappa shape index (κ3) is 2.13. The summed E-state index contributed by atoms with van der Waals surface area (Å²) in [6, 6.07) is 0. The van der Waals surface area contributed by atoms with Gasteiger partial charge in [0.1, 0.15) is 0 Å². The molecule has 2 aliphatic rings. The highest BCUT2D eigenvalue weighted by Crippen LogP contribution is 2.38. The van der Waals surface area contributed by atoms with Gasteiger partial charge in [-0.05, 0) is 20.3 Å². The molecule has 1 fully saturated rings. The van der Waals surface area contributed by atoms with E-state index in [9.17, 15) is 4.79 Å². The Labute approximate surface area is 95.6 Å². The molecular formula is C12H18O4. The SMILES string of the molecule is CCOC(=O)C1=C(C)CCC2(C1)OCCO2. The van der Waals surface area contributed by atoms with Gasteiger partial charge in [0.25, 0.3) is 0 Å². The predicted molar refractivity (Wildman–Crippen MR) is 57.8 cm³/mol. The average Bonchev–Trinajstić information content (AvgIpc) is 2.71. The molecule has 0 aromatic carbocycles. The van der Waals surface area contributed by atoms with Gasteiger partial charge in [-0.25, -0.2) is 4.79 Å². The van der Waals surface area contributed by atoms with Crippen LogP contribution in [0.5, 0.6) is 0 Å². The lowest BCUT2D eigenvalue weighted by Crippen LogP contribution is -2.35. The minimum atomic E-state index is -0.554. The smallest absolute Gasteiger partial charge is 0.334 e. The highest BCUT2D eigenvalue weighted by atomic mass is 16.7. The molecule has 0 aromatic rings. The molecule has 1 spiro atoms. The van der Waals surface area contributed by atoms with Crippen LogP contribution in [0.3, 0.4) is 0 Å². The van der Waals surface area contributed by atoms with Gasteiger partial charge >= 0.3 is 5.97 Å². The summed E-state index contributed by atoms with van der Waals surface area (Å²) >= 11 is 0. The summed E-state index contributed by atoms with van der Waals surface area (Å²) in [6.45, 7) is 5.44. The number of carbonyl (C=O) groups is 1. The zero-order chi connectivity index (χ0) is 11.6. The number of esters is 1. The molecule has 90 valence electrons. The van der Waals surface area contributed by atoms with Crippen molar-refractivity contribution in [1.82, 2.24) is 0 Å². The van der Waals surface area contributed by atoms with Gasteiger partial charge in [0.2, 0.25) is 0 Å². The van der Waals surface area contributed by atoms with Crippen molar-refractivity contribution >= 4 is 5.97 Å². The summed E-state index contributed by atoms with van der Waals surface area (Å²) in [5.74, 6) is -0.778. The number of hydrogen-bond donors (Lipinski definition) is 0. The highest BCUT2D eigenvalue weighted by Gasteiger charge is 2.41. The van der Waals surface area contributed by atoms with Gasteiger partial charge in [-0.15, -0.1) is 0 Å². The monoisotopic (exact) mass is 226 g/mol. The highest BCUT2D eigenvalue weighted by molar-refractivity contribution is 5.89. The van der Waals surface area contributed by atoms with E-state index >= 15 is 0 Å². The maximum atomic E-state index is 11.8. The molecule has 0 aromatic heterocycles. The minimum absolute atomic E-state index is 0.224. The van der Waals surface area contributed by atoms with E-state index in [2.05, 4.69) is 0 Å². The summed E-state index contributed by atoms with van der Waals surface area (Å²) in [6.07, 6.45) is 2.20. The molecule has 4 nitrogen and oxygen atoms in total. The second kappa shape index (κ2) is 4.55. The number of rotatable bonds is 2. The zero-order valence-electron chi connectivity index (χ0n) is 9.88. The molecule has 0 N–H and O–H groups in total. The van der Waals surface area contributed by atoms with Crippen LogP contribution in [0, 0.1) is 0 Å². The van der Waals surface area contributed by atoms with Gasteiger partial charge in [-0.1, -0.05) is 5.57 Å². The van der Waals surface area contributed by atoms with Crippen molar-refractivity contribution in [2.45, 2.75) is 38.9 Å². The van der Waals surface area contributed by atoms with Crippen LogP contribution < -0.4 is 0 Å². The number of carbonyl (C=O) groups excluding carboxylic acids is 1. The normalized spacial score (nSPS) is 23.9. The van der Waals surface area contributed by atoms with Gasteiger partial charge < -0.3 is 14.2 Å². The van der Waals surface area contributed by atoms with Crippen LogP contribution in [0.25, 0.3) is 0 Å². The van der Waals surface area contributed by atoms with Crippen LogP contribution in [0.2, 0.25) is 0 Å². The van der Waals surface area contributed by atoms with Crippen LogP contribution in [0.4, 0.5) is 0 Å². The molecule has 1 heterocycles. The Bertz CT molecular complexity index is 313. The first-order valence-corrected chi connectivity index (χ1v) is 5.80. The number of hydrogen-bond acceptors (Lipinski definition) is 4. The predicted octanol–water partition coefficient (Wildman–Crippen LogP) is 1.79. The summed E-state index contributed by atoms with van der Waals surface area (Å²) in [5.41, 5.74) is 1.83. The molecule has 1 aliphatic carbocycles. The Hall–Kier alpha value is -0.870. The van der Waals surface area contributed by atoms with Crippen LogP contribution in [0.1, 0.15) is 33.1 Å². The molecule has 1 saturated heterocycles. The Morgan fingerprint density at radius 1 is 1.44 bits per heavy atom. The van der Waals surface area contributed by atoms with Gasteiger partial charge in [-0.2, -0.15) is 0 Å². The van der Waals surface area contributed by atoms with Crippen molar-refractivity contribution < 1.29 is 19.0 Å². The lowest BCUT2D eigenvalue weighted by Gasteiger charge is -2.32. The molecule has 0 saturated carbocycles. The van der Waals surface area contributed by atoms with Gasteiger partial charge in [0, 0.05) is 18.4 Å². The second-order valence-corrected chi connectivity index (χ2v) is 4.26. The van der Waals surface area contributed by atoms with Crippen molar-refractivity contribution in [3.8, 4) is 0 Å². The third-order valence-electron chi connectivity index (χ3n) is 3.18. The van der Waals surface area contributed by atoms with Crippen LogP contribution >= 0.6 is 0 Å². The van der Waals surface area contributed by atoms with E-state index in [0.29, 0.717) is 26.2 Å². The fourth-order valence-electron chi connectivity index (χ4n) is 2.25. The third-order valence-corrected chi connectivity index (χ3v) is 3.18. The lowest BCUT2D eigenvalue weighted by molar-refractivity contribution is -0.168. The van der Waals surface area contributed by atoms with E-state index in [1.54, 1.807) is 0 Å². The molecule has 16 heavy (non-hydrogen) atoms. The van der Waals surface area contributed by atoms with E-state index < -0.39 is 5.79 Å². The van der Waals surface area contributed by atoms with E-state index in [1.165, 1.54) is 0 Å². The van der Waals surface area contributed by atoms with E-state index in [1.807, 2.05) is 13.8 Å². The maximum Gasteiger partial charge on any atom is 0.334 e. The van der Waals surface area contributed by atoms with Crippen molar-refractivity contribution in [3.63, 3.8) is 0 Å². The number of allylic oxidation sites excluding steroid dienone is 1. The molecule has 0 radical (unpaired) electrons. The van der Waals surface area contributed by atoms with E-state index in [4.69, 9.17) is 14.2 Å². The molecule has 0 amide bonds. The fourth-order valence-corrected chi connectivity index (χ4v) is 2.25. The molecule has 1 aliphatic heterocycles. The largest absolute Gasteiger partial charge is 0.463 e. The van der Waals surface area contributed by atoms with Crippen molar-refractivity contribution in [2.24, 2.45) is 0 Å². The number of ether oxygens (including phenoxy) is 3. The molecule has 2 rings (SSSR count). The standard InChI is InChI=1S/C12H18O4/c1-3-14-11(13)10-8-12(5-4-9(10)2)15-6-7-16-12/h3-8H2,1-2H3. The van der Waals surface area contributed by atoms with Crippen LogP contribution in [0.15, 0.2) is 11.1 Å². The van der Waals surface area contributed by atoms with Crippen LogP contribution in [-0.2, 0) is 19.0 Å². The van der Waals surface area contributed by atoms with Gasteiger partial charge in [0.15, 0.2) is 5.79 Å². The topological polar surface area (TPSA) is 44.8 Å². The van der Waals surface area contributed by atoms with E-state index in [0.717, 1.165) is 24.0 Å². The first kappa shape index (κ1) is 11.6. The van der Waals surface area contributed by atoms with Gasteiger partial charge in [0.05, 0.1) is 19.8 Å². The summed E-state index contributed by atoms with van der Waals surface area (Å²) in [4.78, 5) is 11.8. The molecule has 0 bridgehead atoms. The molecule has 0 unspecified atom stereocenters. The van der Waals surface area contributed by atoms with Gasteiger partial charge in [-0.3, -0.25) is 0 Å². The first-order chi connectivity index (χ1) is 7.67. The van der Waals surface area contributed by atoms with E-state index in [-0.39, 0.29) is 5.97 Å². The van der Waals surface area contributed by atoms with Crippen LogP contribution in [-0.4, -0.2) is 31.6 Å². The van der Waals surface area contributed by atoms with Crippen molar-refractivity contribution in [2.75, 3.05) is 19.8 Å². The lowest BCUT2D eigenvalue weighted by atomic mass is 9.88. The average molecular weight is 226 g/mol. The van der Waals surface area contributed by atoms with Crippen molar-refractivity contribution in [3.05, 3.63) is 11.1 Å². The second-order valence-electron chi connectivity index (χ2n) is 4.26. The summed E-state index contributed by atoms with van der Waals surface area (Å²) in [7, 11) is 0. The molecular weight excluding hydrogens is 208 g/mol.